The van der Waals surface area contributed by atoms with E-state index in [0.29, 0.717) is 45.2 Å². The zero-order valence-corrected chi connectivity index (χ0v) is 21.8. The molecule has 0 radical (unpaired) electrons. The van der Waals surface area contributed by atoms with Crippen LogP contribution in [-0.2, 0) is 24.4 Å². The van der Waals surface area contributed by atoms with Gasteiger partial charge in [-0.1, -0.05) is 59.1 Å². The zero-order chi connectivity index (χ0) is 25.7. The molecule has 9 heteroatoms. The summed E-state index contributed by atoms with van der Waals surface area (Å²) < 4.78 is 11.7. The van der Waals surface area contributed by atoms with Crippen LogP contribution in [0.4, 0.5) is 0 Å². The fourth-order valence-corrected chi connectivity index (χ4v) is 4.74. The third kappa shape index (κ3) is 6.08. The van der Waals surface area contributed by atoms with Gasteiger partial charge in [0, 0.05) is 45.7 Å². The number of aromatic amines is 1. The molecule has 3 N–H and O–H groups in total. The maximum Gasteiger partial charge on any atom is 0.321 e. The molecular weight excluding hydrogens is 523 g/mol. The zero-order valence-electron chi connectivity index (χ0n) is 19.5. The van der Waals surface area contributed by atoms with Crippen molar-refractivity contribution in [1.29, 1.82) is 0 Å². The first-order valence-corrected chi connectivity index (χ1v) is 12.5. The van der Waals surface area contributed by atoms with Crippen LogP contribution >= 0.6 is 34.8 Å². The summed E-state index contributed by atoms with van der Waals surface area (Å²) in [6, 6.07) is 15.8. The molecule has 1 heterocycles. The second-order valence-electron chi connectivity index (χ2n) is 8.16. The molecule has 0 aliphatic carbocycles. The summed E-state index contributed by atoms with van der Waals surface area (Å²) in [5, 5.41) is 15.3. The number of H-pyrrole nitrogens is 1. The molecule has 0 bridgehead atoms. The topological polar surface area (TPSA) is 83.6 Å². The Morgan fingerprint density at radius 2 is 1.78 bits per heavy atom. The van der Waals surface area contributed by atoms with E-state index in [1.807, 2.05) is 37.4 Å². The molecular formula is C27H25Cl3N2O4. The predicted octanol–water partition coefficient (Wildman–Crippen LogP) is 6.89. The molecule has 6 nitrogen and oxygen atoms in total. The first-order chi connectivity index (χ1) is 17.4. The van der Waals surface area contributed by atoms with Crippen LogP contribution in [0.3, 0.4) is 0 Å². The number of hydrogen-bond donors (Lipinski definition) is 3. The molecule has 188 valence electrons. The quantitative estimate of drug-likeness (QED) is 0.190. The van der Waals surface area contributed by atoms with Gasteiger partial charge in [0.1, 0.15) is 12.6 Å². The molecule has 1 aromatic heterocycles. The largest absolute Gasteiger partial charge is 0.490 e. The monoisotopic (exact) mass is 546 g/mol. The van der Waals surface area contributed by atoms with Crippen LogP contribution in [0.1, 0.15) is 23.6 Å². The van der Waals surface area contributed by atoms with Crippen LogP contribution < -0.4 is 14.8 Å². The van der Waals surface area contributed by atoms with E-state index >= 15 is 0 Å². The number of aliphatic carboxylic acids is 1. The van der Waals surface area contributed by atoms with Crippen LogP contribution in [0.5, 0.6) is 11.5 Å². The summed E-state index contributed by atoms with van der Waals surface area (Å²) in [6.07, 6.45) is 2.18. The van der Waals surface area contributed by atoms with E-state index in [-0.39, 0.29) is 13.2 Å². The van der Waals surface area contributed by atoms with Crippen LogP contribution in [0.15, 0.2) is 60.8 Å². The molecule has 0 amide bonds. The first kappa shape index (κ1) is 26.2. The number of halogens is 3. The third-order valence-corrected chi connectivity index (χ3v) is 6.73. The highest BCUT2D eigenvalue weighted by Crippen LogP contribution is 2.38. The number of para-hydroxylation sites is 1. The van der Waals surface area contributed by atoms with Crippen molar-refractivity contribution in [3.05, 3.63) is 92.6 Å². The van der Waals surface area contributed by atoms with E-state index in [1.165, 1.54) is 0 Å². The van der Waals surface area contributed by atoms with Crippen molar-refractivity contribution in [3.63, 3.8) is 0 Å². The Kier molecular flexibility index (Phi) is 8.64. The van der Waals surface area contributed by atoms with Crippen molar-refractivity contribution >= 4 is 51.7 Å². The molecule has 4 rings (SSSR count). The molecule has 0 spiro atoms. The molecule has 1 atom stereocenters. The Bertz CT molecular complexity index is 1350. The summed E-state index contributed by atoms with van der Waals surface area (Å²) in [5.74, 6) is -0.117. The minimum Gasteiger partial charge on any atom is -0.490 e. The van der Waals surface area contributed by atoms with E-state index in [0.717, 1.165) is 22.0 Å². The number of rotatable bonds is 11. The molecule has 3 aromatic carbocycles. The first-order valence-electron chi connectivity index (χ1n) is 11.4. The smallest absolute Gasteiger partial charge is 0.321 e. The normalized spacial score (nSPS) is 12.0. The number of ether oxygens (including phenoxy) is 2. The average molecular weight is 548 g/mol. The number of aromatic nitrogens is 1. The number of benzene rings is 3. The van der Waals surface area contributed by atoms with E-state index in [1.54, 1.807) is 30.3 Å². The lowest BCUT2D eigenvalue weighted by Crippen LogP contribution is -2.38. The molecule has 0 fully saturated rings. The minimum atomic E-state index is -0.937. The van der Waals surface area contributed by atoms with E-state index in [2.05, 4.69) is 10.3 Å². The molecule has 0 unspecified atom stereocenters. The highest BCUT2D eigenvalue weighted by atomic mass is 35.5. The summed E-state index contributed by atoms with van der Waals surface area (Å²) in [5.41, 5.74) is 3.31. The molecule has 4 aromatic rings. The van der Waals surface area contributed by atoms with E-state index < -0.39 is 12.0 Å². The number of carboxylic acid groups (broad SMARTS) is 1. The van der Waals surface area contributed by atoms with Crippen LogP contribution in [0.2, 0.25) is 15.1 Å². The number of nitrogens with one attached hydrogen (secondary N) is 2. The van der Waals surface area contributed by atoms with Crippen molar-refractivity contribution < 1.29 is 19.4 Å². The highest BCUT2D eigenvalue weighted by molar-refractivity contribution is 6.36. The van der Waals surface area contributed by atoms with Gasteiger partial charge in [-0.25, -0.2) is 0 Å². The van der Waals surface area contributed by atoms with Gasteiger partial charge >= 0.3 is 5.97 Å². The van der Waals surface area contributed by atoms with Gasteiger partial charge in [0.15, 0.2) is 11.5 Å². The van der Waals surface area contributed by atoms with Gasteiger partial charge in [0.2, 0.25) is 0 Å². The lowest BCUT2D eigenvalue weighted by atomic mass is 10.0. The minimum absolute atomic E-state index is 0.113. The van der Waals surface area contributed by atoms with Gasteiger partial charge in [-0.15, -0.1) is 0 Å². The number of carbonyl (C=O) groups is 1. The summed E-state index contributed by atoms with van der Waals surface area (Å²) in [4.78, 5) is 15.2. The third-order valence-electron chi connectivity index (χ3n) is 5.74. The molecule has 0 aliphatic rings. The van der Waals surface area contributed by atoms with Gasteiger partial charge < -0.3 is 24.9 Å². The van der Waals surface area contributed by atoms with Crippen LogP contribution in [0, 0.1) is 0 Å². The molecule has 36 heavy (non-hydrogen) atoms. The van der Waals surface area contributed by atoms with Crippen LogP contribution in [0.25, 0.3) is 10.9 Å². The average Bonchev–Trinajstić information content (AvgIpc) is 3.25. The Hall–Kier alpha value is -2.90. The molecule has 0 saturated heterocycles. The van der Waals surface area contributed by atoms with Crippen molar-refractivity contribution in [1.82, 2.24) is 10.3 Å². The standard InChI is InChI=1S/C27H25Cl3N2O4/c1-2-35-25-11-16(10-22(30)26(25)36-15-19-20(28)7-5-8-21(19)29)13-31-24(27(33)34)12-17-14-32-23-9-4-3-6-18(17)23/h3-11,14,24,31-32H,2,12-13,15H2,1H3,(H,33,34)/t24-/m0/s1. The number of hydrogen-bond acceptors (Lipinski definition) is 4. The summed E-state index contributed by atoms with van der Waals surface area (Å²) in [6.45, 7) is 2.64. The van der Waals surface area contributed by atoms with Crippen molar-refractivity contribution in [2.24, 2.45) is 0 Å². The Labute approximate surface area is 224 Å². The predicted molar refractivity (Wildman–Crippen MR) is 144 cm³/mol. The van der Waals surface area contributed by atoms with E-state index in [4.69, 9.17) is 44.3 Å². The lowest BCUT2D eigenvalue weighted by molar-refractivity contribution is -0.139. The van der Waals surface area contributed by atoms with E-state index in [9.17, 15) is 9.90 Å². The second kappa shape index (κ2) is 11.9. The Morgan fingerprint density at radius 3 is 2.50 bits per heavy atom. The van der Waals surface area contributed by atoms with Crippen molar-refractivity contribution in [3.8, 4) is 11.5 Å². The fourth-order valence-electron chi connectivity index (χ4n) is 3.95. The number of carboxylic acids is 1. The van der Waals surface area contributed by atoms with Crippen molar-refractivity contribution in [2.45, 2.75) is 32.5 Å². The summed E-state index contributed by atoms with van der Waals surface area (Å²) >= 11 is 19.1. The van der Waals surface area contributed by atoms with Gasteiger partial charge in [0.25, 0.3) is 0 Å². The Balaban J connectivity index is 1.49. The maximum absolute atomic E-state index is 12.0. The van der Waals surface area contributed by atoms with Gasteiger partial charge in [-0.3, -0.25) is 4.79 Å². The maximum atomic E-state index is 12.0. The summed E-state index contributed by atoms with van der Waals surface area (Å²) in [7, 11) is 0. The lowest BCUT2D eigenvalue weighted by Gasteiger charge is -2.18. The van der Waals surface area contributed by atoms with Gasteiger partial charge in [-0.05, 0) is 48.4 Å². The number of fused-ring (bicyclic) bond motifs is 1. The molecule has 0 aliphatic heterocycles. The van der Waals surface area contributed by atoms with Gasteiger partial charge in [-0.2, -0.15) is 0 Å². The second-order valence-corrected chi connectivity index (χ2v) is 9.38. The van der Waals surface area contributed by atoms with Gasteiger partial charge in [0.05, 0.1) is 11.6 Å². The highest BCUT2D eigenvalue weighted by Gasteiger charge is 2.21. The van der Waals surface area contributed by atoms with Crippen molar-refractivity contribution in [2.75, 3.05) is 6.61 Å². The SMILES string of the molecule is CCOc1cc(CN[C@@H](Cc2c[nH]c3ccccc23)C(=O)O)cc(Cl)c1OCc1c(Cl)cccc1Cl. The molecule has 0 saturated carbocycles. The van der Waals surface area contributed by atoms with Crippen LogP contribution in [-0.4, -0.2) is 28.7 Å². The Morgan fingerprint density at radius 1 is 1.03 bits per heavy atom. The fraction of sp³-hybridized carbons (Fsp3) is 0.222.